The third kappa shape index (κ3) is 2.84. The van der Waals surface area contributed by atoms with E-state index in [9.17, 15) is 4.39 Å². The van der Waals surface area contributed by atoms with Gasteiger partial charge in [0.2, 0.25) is 0 Å². The van der Waals surface area contributed by atoms with E-state index in [1.54, 1.807) is 16.8 Å². The van der Waals surface area contributed by atoms with Gasteiger partial charge in [0.05, 0.1) is 5.69 Å². The normalized spacial score (nSPS) is 11.0. The van der Waals surface area contributed by atoms with Crippen molar-refractivity contribution in [2.45, 2.75) is 26.3 Å². The van der Waals surface area contributed by atoms with Crippen molar-refractivity contribution in [3.63, 3.8) is 0 Å². The van der Waals surface area contributed by atoms with Gasteiger partial charge in [0, 0.05) is 31.8 Å². The standard InChI is InChI=1S/C15H16FN5/c1-2-14-17-8-10-20(14)9-7-15-18-11-19-21(15)13-5-3-12(16)4-6-13/h3-6,8,10-11H,2,7,9H2,1H3. The van der Waals surface area contributed by atoms with Crippen LogP contribution in [0.15, 0.2) is 43.0 Å². The zero-order valence-electron chi connectivity index (χ0n) is 11.8. The maximum absolute atomic E-state index is 13.0. The summed E-state index contributed by atoms with van der Waals surface area (Å²) < 4.78 is 16.8. The van der Waals surface area contributed by atoms with Crippen molar-refractivity contribution in [1.29, 1.82) is 0 Å². The number of imidazole rings is 1. The van der Waals surface area contributed by atoms with Gasteiger partial charge in [-0.2, -0.15) is 5.10 Å². The molecule has 0 saturated carbocycles. The largest absolute Gasteiger partial charge is 0.334 e. The first-order valence-corrected chi connectivity index (χ1v) is 6.92. The van der Waals surface area contributed by atoms with Gasteiger partial charge in [-0.3, -0.25) is 0 Å². The second kappa shape index (κ2) is 5.87. The summed E-state index contributed by atoms with van der Waals surface area (Å²) >= 11 is 0. The zero-order chi connectivity index (χ0) is 14.7. The van der Waals surface area contributed by atoms with Crippen molar-refractivity contribution >= 4 is 0 Å². The first kappa shape index (κ1) is 13.5. The Kier molecular flexibility index (Phi) is 3.77. The molecule has 0 aliphatic rings. The number of nitrogens with zero attached hydrogens (tertiary/aromatic N) is 5. The smallest absolute Gasteiger partial charge is 0.138 e. The van der Waals surface area contributed by atoms with Crippen molar-refractivity contribution in [3.05, 3.63) is 60.5 Å². The summed E-state index contributed by atoms with van der Waals surface area (Å²) in [6.45, 7) is 2.88. The van der Waals surface area contributed by atoms with Crippen LogP contribution >= 0.6 is 0 Å². The molecule has 6 heteroatoms. The van der Waals surface area contributed by atoms with Crippen LogP contribution in [0.3, 0.4) is 0 Å². The quantitative estimate of drug-likeness (QED) is 0.723. The van der Waals surface area contributed by atoms with Crippen LogP contribution in [0.4, 0.5) is 4.39 Å². The maximum atomic E-state index is 13.0. The molecule has 0 bridgehead atoms. The molecule has 1 aromatic carbocycles. The first-order chi connectivity index (χ1) is 10.3. The molecule has 0 N–H and O–H groups in total. The van der Waals surface area contributed by atoms with E-state index in [0.29, 0.717) is 0 Å². The minimum absolute atomic E-state index is 0.258. The highest BCUT2D eigenvalue weighted by Gasteiger charge is 2.08. The molecule has 0 spiro atoms. The molecule has 0 saturated heterocycles. The SMILES string of the molecule is CCc1nccn1CCc1ncnn1-c1ccc(F)cc1. The predicted molar refractivity (Wildman–Crippen MR) is 76.6 cm³/mol. The van der Waals surface area contributed by atoms with Crippen molar-refractivity contribution in [2.24, 2.45) is 0 Å². The molecule has 2 aromatic heterocycles. The van der Waals surface area contributed by atoms with E-state index in [1.165, 1.54) is 18.5 Å². The molecule has 3 aromatic rings. The Hall–Kier alpha value is -2.50. The summed E-state index contributed by atoms with van der Waals surface area (Å²) in [6, 6.07) is 6.24. The molecule has 0 amide bonds. The first-order valence-electron chi connectivity index (χ1n) is 6.92. The fraction of sp³-hybridized carbons (Fsp3) is 0.267. The molecule has 0 unspecified atom stereocenters. The van der Waals surface area contributed by atoms with E-state index in [4.69, 9.17) is 0 Å². The van der Waals surface area contributed by atoms with Gasteiger partial charge in [-0.25, -0.2) is 19.0 Å². The van der Waals surface area contributed by atoms with E-state index in [2.05, 4.69) is 26.6 Å². The molecule has 0 atom stereocenters. The number of benzene rings is 1. The van der Waals surface area contributed by atoms with Crippen LogP contribution in [0.2, 0.25) is 0 Å². The third-order valence-corrected chi connectivity index (χ3v) is 3.38. The summed E-state index contributed by atoms with van der Waals surface area (Å²) in [5.41, 5.74) is 0.810. The average Bonchev–Trinajstić information content (AvgIpc) is 3.14. The molecule has 0 radical (unpaired) electrons. The van der Waals surface area contributed by atoms with Crippen LogP contribution in [-0.4, -0.2) is 24.3 Å². The van der Waals surface area contributed by atoms with E-state index in [0.717, 1.165) is 36.7 Å². The number of rotatable bonds is 5. The number of hydrogen-bond donors (Lipinski definition) is 0. The van der Waals surface area contributed by atoms with Gasteiger partial charge < -0.3 is 4.57 Å². The second-order valence-corrected chi connectivity index (χ2v) is 4.70. The van der Waals surface area contributed by atoms with Crippen molar-refractivity contribution in [3.8, 4) is 5.69 Å². The number of aryl methyl sites for hydroxylation is 3. The summed E-state index contributed by atoms with van der Waals surface area (Å²) in [7, 11) is 0. The van der Waals surface area contributed by atoms with Crippen molar-refractivity contribution in [2.75, 3.05) is 0 Å². The van der Waals surface area contributed by atoms with Crippen LogP contribution in [0.5, 0.6) is 0 Å². The van der Waals surface area contributed by atoms with Gasteiger partial charge in [0.1, 0.15) is 23.8 Å². The van der Waals surface area contributed by atoms with E-state index in [1.807, 2.05) is 12.4 Å². The van der Waals surface area contributed by atoms with Gasteiger partial charge in [-0.1, -0.05) is 6.92 Å². The molecule has 5 nitrogen and oxygen atoms in total. The van der Waals surface area contributed by atoms with Gasteiger partial charge in [-0.05, 0) is 24.3 Å². The minimum atomic E-state index is -0.258. The fourth-order valence-corrected chi connectivity index (χ4v) is 2.31. The monoisotopic (exact) mass is 285 g/mol. The molecule has 2 heterocycles. The lowest BCUT2D eigenvalue weighted by Gasteiger charge is -2.08. The highest BCUT2D eigenvalue weighted by molar-refractivity contribution is 5.31. The van der Waals surface area contributed by atoms with Crippen LogP contribution < -0.4 is 0 Å². The van der Waals surface area contributed by atoms with Gasteiger partial charge >= 0.3 is 0 Å². The highest BCUT2D eigenvalue weighted by Crippen LogP contribution is 2.11. The number of hydrogen-bond acceptors (Lipinski definition) is 3. The summed E-state index contributed by atoms with van der Waals surface area (Å²) in [4.78, 5) is 8.60. The van der Waals surface area contributed by atoms with E-state index < -0.39 is 0 Å². The molecular formula is C15H16FN5. The molecule has 0 fully saturated rings. The molecule has 0 aliphatic carbocycles. The molecule has 108 valence electrons. The summed E-state index contributed by atoms with van der Waals surface area (Å²) in [5.74, 6) is 1.65. The Balaban J connectivity index is 1.78. The fourth-order valence-electron chi connectivity index (χ4n) is 2.31. The van der Waals surface area contributed by atoms with Crippen molar-refractivity contribution in [1.82, 2.24) is 24.3 Å². The lowest BCUT2D eigenvalue weighted by atomic mass is 10.3. The predicted octanol–water partition coefficient (Wildman–Crippen LogP) is 2.41. The third-order valence-electron chi connectivity index (χ3n) is 3.38. The van der Waals surface area contributed by atoms with Crippen LogP contribution in [0.1, 0.15) is 18.6 Å². The van der Waals surface area contributed by atoms with Crippen LogP contribution in [0, 0.1) is 5.82 Å². The molecule has 3 rings (SSSR count). The zero-order valence-corrected chi connectivity index (χ0v) is 11.8. The minimum Gasteiger partial charge on any atom is -0.334 e. The van der Waals surface area contributed by atoms with E-state index >= 15 is 0 Å². The lowest BCUT2D eigenvalue weighted by Crippen LogP contribution is -2.09. The Morgan fingerprint density at radius 2 is 1.90 bits per heavy atom. The van der Waals surface area contributed by atoms with Crippen LogP contribution in [-0.2, 0) is 19.4 Å². The Bertz CT molecular complexity index is 714. The lowest BCUT2D eigenvalue weighted by molar-refractivity contribution is 0.620. The van der Waals surface area contributed by atoms with Gasteiger partial charge in [-0.15, -0.1) is 0 Å². The average molecular weight is 285 g/mol. The van der Waals surface area contributed by atoms with Crippen molar-refractivity contribution < 1.29 is 4.39 Å². The van der Waals surface area contributed by atoms with Crippen LogP contribution in [0.25, 0.3) is 5.69 Å². The molecular weight excluding hydrogens is 269 g/mol. The Labute approximate surface area is 122 Å². The number of aromatic nitrogens is 5. The van der Waals surface area contributed by atoms with Gasteiger partial charge in [0.15, 0.2) is 0 Å². The second-order valence-electron chi connectivity index (χ2n) is 4.70. The topological polar surface area (TPSA) is 48.5 Å². The Morgan fingerprint density at radius 3 is 2.67 bits per heavy atom. The maximum Gasteiger partial charge on any atom is 0.138 e. The van der Waals surface area contributed by atoms with Gasteiger partial charge in [0.25, 0.3) is 0 Å². The highest BCUT2D eigenvalue weighted by atomic mass is 19.1. The summed E-state index contributed by atoms with van der Waals surface area (Å²) in [5, 5.41) is 4.22. The Morgan fingerprint density at radius 1 is 1.10 bits per heavy atom. The number of halogens is 1. The van der Waals surface area contributed by atoms with E-state index in [-0.39, 0.29) is 5.82 Å². The molecule has 0 aliphatic heterocycles. The summed E-state index contributed by atoms with van der Waals surface area (Å²) in [6.07, 6.45) is 6.94. The molecule has 21 heavy (non-hydrogen) atoms.